The Bertz CT molecular complexity index is 1160. The Morgan fingerprint density at radius 3 is 2.35 bits per heavy atom. The van der Waals surface area contributed by atoms with Crippen molar-refractivity contribution in [3.8, 4) is 33.9 Å². The molecule has 26 heavy (non-hydrogen) atoms. The van der Waals surface area contributed by atoms with E-state index in [2.05, 4.69) is 35.0 Å². The second-order valence-electron chi connectivity index (χ2n) is 5.82. The Balaban J connectivity index is 1.58. The van der Waals surface area contributed by atoms with Gasteiger partial charge in [0.2, 0.25) is 5.82 Å². The number of aromatic nitrogens is 7. The van der Waals surface area contributed by atoms with E-state index >= 15 is 0 Å². The summed E-state index contributed by atoms with van der Waals surface area (Å²) < 4.78 is 2.05. The van der Waals surface area contributed by atoms with Crippen LogP contribution in [0.2, 0.25) is 0 Å². The van der Waals surface area contributed by atoms with E-state index in [4.69, 9.17) is 0 Å². The number of imidazole rings is 1. The highest BCUT2D eigenvalue weighted by molar-refractivity contribution is 5.68. The van der Waals surface area contributed by atoms with Crippen LogP contribution in [0.4, 0.5) is 0 Å². The molecule has 1 N–H and O–H groups in total. The van der Waals surface area contributed by atoms with Gasteiger partial charge in [-0.2, -0.15) is 5.21 Å². The lowest BCUT2D eigenvalue weighted by atomic mass is 10.1. The summed E-state index contributed by atoms with van der Waals surface area (Å²) in [6.07, 6.45) is 5.66. The van der Waals surface area contributed by atoms with Crippen LogP contribution in [0.5, 0.6) is 0 Å². The van der Waals surface area contributed by atoms with Gasteiger partial charge in [-0.05, 0) is 5.21 Å². The van der Waals surface area contributed by atoms with Gasteiger partial charge in [-0.3, -0.25) is 9.38 Å². The van der Waals surface area contributed by atoms with Crippen molar-refractivity contribution < 1.29 is 0 Å². The van der Waals surface area contributed by atoms with Gasteiger partial charge in [0.05, 0.1) is 23.8 Å². The van der Waals surface area contributed by atoms with Gasteiger partial charge in [0.25, 0.3) is 0 Å². The lowest BCUT2D eigenvalue weighted by Gasteiger charge is -2.05. The zero-order chi connectivity index (χ0) is 17.3. The normalized spacial score (nSPS) is 11.1. The van der Waals surface area contributed by atoms with Crippen LogP contribution in [0.25, 0.3) is 39.5 Å². The molecule has 3 aromatic heterocycles. The van der Waals surface area contributed by atoms with Crippen molar-refractivity contribution in [3.63, 3.8) is 0 Å². The number of tetrazole rings is 1. The molecular formula is C19H13N7. The van der Waals surface area contributed by atoms with Gasteiger partial charge in [-0.1, -0.05) is 54.6 Å². The Labute approximate surface area is 148 Å². The second kappa shape index (κ2) is 5.89. The molecule has 0 radical (unpaired) electrons. The van der Waals surface area contributed by atoms with Crippen molar-refractivity contribution in [2.24, 2.45) is 0 Å². The molecule has 0 atom stereocenters. The van der Waals surface area contributed by atoms with Crippen LogP contribution in [0.1, 0.15) is 0 Å². The molecule has 0 saturated carbocycles. The van der Waals surface area contributed by atoms with Gasteiger partial charge < -0.3 is 0 Å². The fourth-order valence-electron chi connectivity index (χ4n) is 2.93. The summed E-state index contributed by atoms with van der Waals surface area (Å²) in [5.74, 6) is 0.574. The monoisotopic (exact) mass is 339 g/mol. The first-order valence-corrected chi connectivity index (χ1v) is 8.11. The number of benzene rings is 2. The Kier molecular flexibility index (Phi) is 3.28. The maximum atomic E-state index is 4.52. The first-order valence-electron chi connectivity index (χ1n) is 8.11. The molecule has 5 aromatic rings. The summed E-state index contributed by atoms with van der Waals surface area (Å²) in [6, 6.07) is 18.1. The number of hydrogen-bond donors (Lipinski definition) is 1. The number of nitrogens with zero attached hydrogens (tertiary/aromatic N) is 6. The quantitative estimate of drug-likeness (QED) is 0.545. The summed E-state index contributed by atoms with van der Waals surface area (Å²) in [5, 5.41) is 14.1. The predicted molar refractivity (Wildman–Crippen MR) is 97.0 cm³/mol. The molecule has 0 aliphatic carbocycles. The van der Waals surface area contributed by atoms with Gasteiger partial charge in [-0.25, -0.2) is 4.98 Å². The summed E-state index contributed by atoms with van der Waals surface area (Å²) in [7, 11) is 0. The van der Waals surface area contributed by atoms with Crippen LogP contribution in [-0.4, -0.2) is 35.0 Å². The number of hydrogen-bond acceptors (Lipinski definition) is 5. The molecule has 7 heteroatoms. The zero-order valence-corrected chi connectivity index (χ0v) is 13.6. The highest BCUT2D eigenvalue weighted by Gasteiger charge is 2.09. The van der Waals surface area contributed by atoms with E-state index in [1.807, 2.05) is 67.0 Å². The van der Waals surface area contributed by atoms with Gasteiger partial charge in [0, 0.05) is 22.9 Å². The number of H-pyrrole nitrogens is 1. The lowest BCUT2D eigenvalue weighted by molar-refractivity contribution is 0.881. The van der Waals surface area contributed by atoms with Gasteiger partial charge >= 0.3 is 0 Å². The van der Waals surface area contributed by atoms with Crippen LogP contribution in [0.3, 0.4) is 0 Å². The highest BCUT2D eigenvalue weighted by atomic mass is 15.5. The van der Waals surface area contributed by atoms with E-state index < -0.39 is 0 Å². The van der Waals surface area contributed by atoms with Crippen molar-refractivity contribution in [2.75, 3.05) is 0 Å². The topological polar surface area (TPSA) is 84.7 Å². The van der Waals surface area contributed by atoms with Crippen molar-refractivity contribution >= 4 is 5.65 Å². The SMILES string of the molecule is c1ccc(-c2cn3c(-c4ccc(-c5nn[nH]n5)cc4)cnc3cn2)cc1. The molecule has 3 heterocycles. The third-order valence-corrected chi connectivity index (χ3v) is 4.25. The number of fused-ring (bicyclic) bond motifs is 1. The fourth-order valence-corrected chi connectivity index (χ4v) is 2.93. The first-order chi connectivity index (χ1) is 12.9. The molecule has 0 unspecified atom stereocenters. The number of nitrogens with one attached hydrogen (secondary N) is 1. The van der Waals surface area contributed by atoms with Crippen LogP contribution < -0.4 is 0 Å². The minimum Gasteiger partial charge on any atom is -0.296 e. The Morgan fingerprint density at radius 1 is 0.769 bits per heavy atom. The fraction of sp³-hybridized carbons (Fsp3) is 0. The Hall–Kier alpha value is -3.87. The summed E-state index contributed by atoms with van der Waals surface area (Å²) in [4.78, 5) is 8.98. The first kappa shape index (κ1) is 14.5. The molecule has 5 rings (SSSR count). The minimum atomic E-state index is 0.574. The molecule has 0 spiro atoms. The highest BCUT2D eigenvalue weighted by Crippen LogP contribution is 2.25. The van der Waals surface area contributed by atoms with Crippen molar-refractivity contribution in [2.45, 2.75) is 0 Å². The van der Waals surface area contributed by atoms with Gasteiger partial charge in [-0.15, -0.1) is 10.2 Å². The number of rotatable bonds is 3. The van der Waals surface area contributed by atoms with Crippen molar-refractivity contribution in [1.82, 2.24) is 35.0 Å². The van der Waals surface area contributed by atoms with E-state index in [0.29, 0.717) is 5.82 Å². The molecule has 2 aromatic carbocycles. The van der Waals surface area contributed by atoms with Crippen LogP contribution in [0.15, 0.2) is 73.2 Å². The van der Waals surface area contributed by atoms with Crippen LogP contribution in [-0.2, 0) is 0 Å². The minimum absolute atomic E-state index is 0.574. The molecular weight excluding hydrogens is 326 g/mol. The second-order valence-corrected chi connectivity index (χ2v) is 5.82. The molecule has 0 aliphatic heterocycles. The molecule has 0 fully saturated rings. The molecule has 0 aliphatic rings. The summed E-state index contributed by atoms with van der Waals surface area (Å²) >= 11 is 0. The standard InChI is InChI=1S/C19H13N7/c1-2-4-13(5-3-1)16-12-26-17(10-21-18(26)11-20-16)14-6-8-15(9-7-14)19-22-24-25-23-19/h1-12H,(H,22,23,24,25). The van der Waals surface area contributed by atoms with E-state index in [0.717, 1.165) is 33.7 Å². The average Bonchev–Trinajstić information content (AvgIpc) is 3.38. The summed E-state index contributed by atoms with van der Waals surface area (Å²) in [6.45, 7) is 0. The average molecular weight is 339 g/mol. The van der Waals surface area contributed by atoms with E-state index in [1.54, 1.807) is 6.20 Å². The van der Waals surface area contributed by atoms with Gasteiger partial charge in [0.15, 0.2) is 5.65 Å². The van der Waals surface area contributed by atoms with E-state index in [1.165, 1.54) is 0 Å². The molecule has 124 valence electrons. The smallest absolute Gasteiger partial charge is 0.204 e. The number of aromatic amines is 1. The predicted octanol–water partition coefficient (Wildman–Crippen LogP) is 3.24. The third kappa shape index (κ3) is 2.42. The van der Waals surface area contributed by atoms with Gasteiger partial charge in [0.1, 0.15) is 0 Å². The molecule has 7 nitrogen and oxygen atoms in total. The van der Waals surface area contributed by atoms with Crippen LogP contribution >= 0.6 is 0 Å². The van der Waals surface area contributed by atoms with E-state index in [9.17, 15) is 0 Å². The van der Waals surface area contributed by atoms with Crippen molar-refractivity contribution in [3.05, 3.63) is 73.2 Å². The third-order valence-electron chi connectivity index (χ3n) is 4.25. The molecule has 0 bridgehead atoms. The lowest BCUT2D eigenvalue weighted by Crippen LogP contribution is -1.93. The summed E-state index contributed by atoms with van der Waals surface area (Å²) in [5.41, 5.74) is 5.74. The van der Waals surface area contributed by atoms with Crippen LogP contribution in [0, 0.1) is 0 Å². The largest absolute Gasteiger partial charge is 0.296 e. The zero-order valence-electron chi connectivity index (χ0n) is 13.6. The maximum absolute atomic E-state index is 4.52. The Morgan fingerprint density at radius 2 is 1.58 bits per heavy atom. The van der Waals surface area contributed by atoms with E-state index in [-0.39, 0.29) is 0 Å². The van der Waals surface area contributed by atoms with Crippen molar-refractivity contribution in [1.29, 1.82) is 0 Å². The maximum Gasteiger partial charge on any atom is 0.204 e. The molecule has 0 saturated heterocycles. The molecule has 0 amide bonds.